The summed E-state index contributed by atoms with van der Waals surface area (Å²) in [5, 5.41) is 0. The second-order valence-corrected chi connectivity index (χ2v) is 8.68. The van der Waals surface area contributed by atoms with E-state index >= 15 is 0 Å². The Morgan fingerprint density at radius 1 is 1.12 bits per heavy atom. The van der Waals surface area contributed by atoms with Crippen LogP contribution < -0.4 is 9.62 Å². The summed E-state index contributed by atoms with van der Waals surface area (Å²) in [6, 6.07) is 14.3. The van der Waals surface area contributed by atoms with Gasteiger partial charge in [0, 0.05) is 25.2 Å². The number of nitrogens with one attached hydrogen (secondary N) is 1. The molecular weight excluding hydrogens is 348 g/mol. The van der Waals surface area contributed by atoms with Gasteiger partial charge in [0.05, 0.1) is 4.90 Å². The number of benzene rings is 2. The topological polar surface area (TPSA) is 66.5 Å². The molecular formula is C20H24N2O3S. The van der Waals surface area contributed by atoms with Gasteiger partial charge in [-0.25, -0.2) is 13.1 Å². The lowest BCUT2D eigenvalue weighted by Crippen LogP contribution is -2.32. The van der Waals surface area contributed by atoms with Gasteiger partial charge in [0.15, 0.2) is 0 Å². The number of hydrogen-bond acceptors (Lipinski definition) is 3. The zero-order chi connectivity index (χ0) is 18.9. The summed E-state index contributed by atoms with van der Waals surface area (Å²) in [6.45, 7) is 6.11. The lowest BCUT2D eigenvalue weighted by atomic mass is 9.97. The van der Waals surface area contributed by atoms with E-state index < -0.39 is 10.0 Å². The van der Waals surface area contributed by atoms with Crippen molar-refractivity contribution in [2.24, 2.45) is 5.92 Å². The molecule has 1 heterocycles. The van der Waals surface area contributed by atoms with Crippen LogP contribution in [-0.2, 0) is 21.2 Å². The quantitative estimate of drug-likeness (QED) is 0.876. The van der Waals surface area contributed by atoms with Crippen LogP contribution in [0.4, 0.5) is 5.69 Å². The van der Waals surface area contributed by atoms with E-state index in [4.69, 9.17) is 0 Å². The van der Waals surface area contributed by atoms with Crippen LogP contribution in [0.25, 0.3) is 0 Å². The highest BCUT2D eigenvalue weighted by molar-refractivity contribution is 7.89. The summed E-state index contributed by atoms with van der Waals surface area (Å²) in [6.07, 6.45) is 0.671. The third-order valence-corrected chi connectivity index (χ3v) is 6.18. The SMILES string of the molecule is CC(=O)N1CCc2cc(S(=O)(=O)NC(c3ccccc3)C(C)C)ccc21. The van der Waals surface area contributed by atoms with Gasteiger partial charge in [0.1, 0.15) is 0 Å². The Labute approximate surface area is 155 Å². The van der Waals surface area contributed by atoms with Crippen molar-refractivity contribution in [3.05, 3.63) is 59.7 Å². The van der Waals surface area contributed by atoms with Crippen molar-refractivity contribution in [3.8, 4) is 0 Å². The molecule has 2 aromatic carbocycles. The molecule has 6 heteroatoms. The summed E-state index contributed by atoms with van der Waals surface area (Å²) in [5.74, 6) is 0.0799. The van der Waals surface area contributed by atoms with Crippen molar-refractivity contribution in [3.63, 3.8) is 0 Å². The Morgan fingerprint density at radius 2 is 1.81 bits per heavy atom. The standard InChI is InChI=1S/C20H24N2O3S/c1-14(2)20(16-7-5-4-6-8-16)21-26(24,25)18-9-10-19-17(13-18)11-12-22(19)15(3)23/h4-10,13-14,20-21H,11-12H2,1-3H3. The number of nitrogens with zero attached hydrogens (tertiary/aromatic N) is 1. The number of sulfonamides is 1. The molecule has 0 fully saturated rings. The molecule has 0 bridgehead atoms. The van der Waals surface area contributed by atoms with Crippen LogP contribution in [0.1, 0.15) is 37.9 Å². The highest BCUT2D eigenvalue weighted by atomic mass is 32.2. The van der Waals surface area contributed by atoms with E-state index in [0.717, 1.165) is 16.8 Å². The maximum Gasteiger partial charge on any atom is 0.241 e. The first-order chi connectivity index (χ1) is 12.3. The fourth-order valence-corrected chi connectivity index (χ4v) is 4.78. The maximum absolute atomic E-state index is 12.9. The van der Waals surface area contributed by atoms with E-state index in [0.29, 0.717) is 13.0 Å². The minimum atomic E-state index is -3.67. The molecule has 0 saturated carbocycles. The minimum absolute atomic E-state index is 0.0265. The van der Waals surface area contributed by atoms with Crippen LogP contribution in [-0.4, -0.2) is 20.9 Å². The van der Waals surface area contributed by atoms with Crippen LogP contribution in [0.3, 0.4) is 0 Å². The van der Waals surface area contributed by atoms with Gasteiger partial charge in [0.25, 0.3) is 0 Å². The molecule has 138 valence electrons. The first-order valence-electron chi connectivity index (χ1n) is 8.78. The minimum Gasteiger partial charge on any atom is -0.312 e. The number of carbonyl (C=O) groups excluding carboxylic acids is 1. The average molecular weight is 372 g/mol. The fraction of sp³-hybridized carbons (Fsp3) is 0.350. The molecule has 0 saturated heterocycles. The molecule has 2 aromatic rings. The molecule has 3 rings (SSSR count). The summed E-state index contributed by atoms with van der Waals surface area (Å²) < 4.78 is 28.7. The molecule has 1 N–H and O–H groups in total. The predicted octanol–water partition coefficient (Wildman–Crippen LogP) is 3.27. The van der Waals surface area contributed by atoms with E-state index in [1.54, 1.807) is 23.1 Å². The van der Waals surface area contributed by atoms with Crippen molar-refractivity contribution in [2.45, 2.75) is 38.1 Å². The Kier molecular flexibility index (Phi) is 5.16. The van der Waals surface area contributed by atoms with Gasteiger partial charge in [-0.1, -0.05) is 44.2 Å². The molecule has 1 aliphatic rings. The predicted molar refractivity (Wildman–Crippen MR) is 103 cm³/mol. The number of anilines is 1. The molecule has 1 amide bonds. The molecule has 5 nitrogen and oxygen atoms in total. The average Bonchev–Trinajstić information content (AvgIpc) is 3.03. The van der Waals surface area contributed by atoms with Gasteiger partial charge in [-0.05, 0) is 41.7 Å². The normalized spacial score (nSPS) is 15.2. The Balaban J connectivity index is 1.90. The first-order valence-corrected chi connectivity index (χ1v) is 10.3. The molecule has 0 aromatic heterocycles. The molecule has 26 heavy (non-hydrogen) atoms. The number of fused-ring (bicyclic) bond motifs is 1. The lowest BCUT2D eigenvalue weighted by Gasteiger charge is -2.23. The smallest absolute Gasteiger partial charge is 0.241 e. The van der Waals surface area contributed by atoms with Crippen LogP contribution in [0, 0.1) is 5.92 Å². The summed E-state index contributed by atoms with van der Waals surface area (Å²) in [4.78, 5) is 13.6. The summed E-state index contributed by atoms with van der Waals surface area (Å²) >= 11 is 0. The van der Waals surface area contributed by atoms with E-state index in [2.05, 4.69) is 4.72 Å². The van der Waals surface area contributed by atoms with Crippen LogP contribution in [0.5, 0.6) is 0 Å². The van der Waals surface area contributed by atoms with Crippen LogP contribution in [0.2, 0.25) is 0 Å². The van der Waals surface area contributed by atoms with Crippen molar-refractivity contribution in [2.75, 3.05) is 11.4 Å². The van der Waals surface area contributed by atoms with Crippen molar-refractivity contribution >= 4 is 21.6 Å². The molecule has 1 unspecified atom stereocenters. The van der Waals surface area contributed by atoms with E-state index in [1.165, 1.54) is 6.92 Å². The summed E-state index contributed by atoms with van der Waals surface area (Å²) in [5.41, 5.74) is 2.64. The van der Waals surface area contributed by atoms with Gasteiger partial charge >= 0.3 is 0 Å². The van der Waals surface area contributed by atoms with Crippen LogP contribution >= 0.6 is 0 Å². The zero-order valence-corrected chi connectivity index (χ0v) is 16.1. The highest BCUT2D eigenvalue weighted by Crippen LogP contribution is 2.31. The maximum atomic E-state index is 12.9. The van der Waals surface area contributed by atoms with Gasteiger partial charge in [-0.2, -0.15) is 0 Å². The van der Waals surface area contributed by atoms with E-state index in [9.17, 15) is 13.2 Å². The zero-order valence-electron chi connectivity index (χ0n) is 15.3. The largest absolute Gasteiger partial charge is 0.312 e. The van der Waals surface area contributed by atoms with Crippen molar-refractivity contribution in [1.82, 2.24) is 4.72 Å². The van der Waals surface area contributed by atoms with Gasteiger partial charge in [0.2, 0.25) is 15.9 Å². The number of rotatable bonds is 5. The monoisotopic (exact) mass is 372 g/mol. The Hall–Kier alpha value is -2.18. The Morgan fingerprint density at radius 3 is 2.42 bits per heavy atom. The van der Waals surface area contributed by atoms with Gasteiger partial charge < -0.3 is 4.90 Å². The lowest BCUT2D eigenvalue weighted by molar-refractivity contribution is -0.116. The second kappa shape index (κ2) is 7.21. The van der Waals surface area contributed by atoms with Gasteiger partial charge in [-0.15, -0.1) is 0 Å². The molecule has 0 spiro atoms. The number of amides is 1. The highest BCUT2D eigenvalue weighted by Gasteiger charge is 2.27. The van der Waals surface area contributed by atoms with Crippen molar-refractivity contribution < 1.29 is 13.2 Å². The molecule has 0 aliphatic carbocycles. The first kappa shape index (κ1) is 18.6. The Bertz CT molecular complexity index is 908. The third-order valence-electron chi connectivity index (χ3n) is 4.74. The molecule has 1 aliphatic heterocycles. The fourth-order valence-electron chi connectivity index (χ4n) is 3.36. The van der Waals surface area contributed by atoms with E-state index in [-0.39, 0.29) is 22.8 Å². The van der Waals surface area contributed by atoms with Gasteiger partial charge in [-0.3, -0.25) is 4.79 Å². The molecule has 1 atom stereocenters. The van der Waals surface area contributed by atoms with E-state index in [1.807, 2.05) is 44.2 Å². The summed E-state index contributed by atoms with van der Waals surface area (Å²) in [7, 11) is -3.67. The third kappa shape index (κ3) is 3.66. The second-order valence-electron chi connectivity index (χ2n) is 6.96. The molecule has 0 radical (unpaired) electrons. The van der Waals surface area contributed by atoms with Crippen LogP contribution in [0.15, 0.2) is 53.4 Å². The number of hydrogen-bond donors (Lipinski definition) is 1. The number of carbonyl (C=O) groups is 1. The van der Waals surface area contributed by atoms with Crippen molar-refractivity contribution in [1.29, 1.82) is 0 Å².